The molecule has 1 aliphatic rings. The van der Waals surface area contributed by atoms with Crippen molar-refractivity contribution in [1.29, 1.82) is 0 Å². The third-order valence-electron chi connectivity index (χ3n) is 2.77. The van der Waals surface area contributed by atoms with Crippen LogP contribution in [-0.4, -0.2) is 40.6 Å². The van der Waals surface area contributed by atoms with Gasteiger partial charge in [-0.15, -0.1) is 0 Å². The average molecular weight is 214 g/mol. The number of piperidine rings is 1. The zero-order chi connectivity index (χ0) is 11.4. The Morgan fingerprint density at radius 2 is 2.13 bits per heavy atom. The Morgan fingerprint density at radius 3 is 2.67 bits per heavy atom. The number of nitrogens with zero attached hydrogens (tertiary/aromatic N) is 1. The zero-order valence-corrected chi connectivity index (χ0v) is 9.19. The number of hydrogen-bond donors (Lipinski definition) is 2. The lowest BCUT2D eigenvalue weighted by molar-refractivity contribution is -0.138. The van der Waals surface area contributed by atoms with Crippen molar-refractivity contribution in [3.63, 3.8) is 0 Å². The molecule has 1 rings (SSSR count). The summed E-state index contributed by atoms with van der Waals surface area (Å²) in [5, 5.41) is 11.1. The normalized spacial score (nSPS) is 23.3. The first-order valence-electron chi connectivity index (χ1n) is 5.32. The van der Waals surface area contributed by atoms with Crippen LogP contribution in [0.15, 0.2) is 0 Å². The number of urea groups is 1. The van der Waals surface area contributed by atoms with Gasteiger partial charge in [0.05, 0.1) is 0 Å². The van der Waals surface area contributed by atoms with Gasteiger partial charge >= 0.3 is 12.0 Å². The molecule has 0 spiro atoms. The Hall–Kier alpha value is -1.26. The van der Waals surface area contributed by atoms with E-state index in [1.807, 2.05) is 6.92 Å². The molecule has 0 bridgehead atoms. The maximum Gasteiger partial charge on any atom is 0.325 e. The molecule has 15 heavy (non-hydrogen) atoms. The van der Waals surface area contributed by atoms with Crippen LogP contribution < -0.4 is 5.32 Å². The Morgan fingerprint density at radius 1 is 1.47 bits per heavy atom. The van der Waals surface area contributed by atoms with E-state index in [9.17, 15) is 9.59 Å². The Balaban J connectivity index is 2.48. The number of carbonyl (C=O) groups is 2. The molecule has 0 saturated carbocycles. The fourth-order valence-corrected chi connectivity index (χ4v) is 1.73. The van der Waals surface area contributed by atoms with Crippen molar-refractivity contribution in [2.45, 2.75) is 45.2 Å². The Labute approximate surface area is 89.4 Å². The van der Waals surface area contributed by atoms with Gasteiger partial charge in [0, 0.05) is 12.6 Å². The maximum atomic E-state index is 11.7. The molecule has 5 heteroatoms. The van der Waals surface area contributed by atoms with Gasteiger partial charge in [0.1, 0.15) is 6.04 Å². The van der Waals surface area contributed by atoms with Gasteiger partial charge in [-0.25, -0.2) is 4.79 Å². The molecule has 1 saturated heterocycles. The molecule has 0 aromatic carbocycles. The summed E-state index contributed by atoms with van der Waals surface area (Å²) in [7, 11) is 0. The fraction of sp³-hybridized carbons (Fsp3) is 0.800. The van der Waals surface area contributed by atoms with Crippen LogP contribution in [0.25, 0.3) is 0 Å². The van der Waals surface area contributed by atoms with Gasteiger partial charge in [-0.3, -0.25) is 4.79 Å². The standard InChI is InChI=1S/C10H18N2O3/c1-7-5-3-4-6-12(7)10(15)11-8(2)9(13)14/h7-8H,3-6H2,1-2H3,(H,11,15)(H,13,14). The number of rotatable bonds is 2. The molecular formula is C10H18N2O3. The average Bonchev–Trinajstić information content (AvgIpc) is 2.18. The first-order chi connectivity index (χ1) is 7.02. The predicted molar refractivity (Wildman–Crippen MR) is 55.6 cm³/mol. The minimum Gasteiger partial charge on any atom is -0.480 e. The van der Waals surface area contributed by atoms with Crippen molar-refractivity contribution >= 4 is 12.0 Å². The lowest BCUT2D eigenvalue weighted by Crippen LogP contribution is -2.51. The number of nitrogens with one attached hydrogen (secondary N) is 1. The third kappa shape index (κ3) is 3.11. The largest absolute Gasteiger partial charge is 0.480 e. The van der Waals surface area contributed by atoms with Crippen LogP contribution in [0, 0.1) is 0 Å². The second-order valence-corrected chi connectivity index (χ2v) is 4.05. The summed E-state index contributed by atoms with van der Waals surface area (Å²) >= 11 is 0. The SMILES string of the molecule is CC(NC(=O)N1CCCCC1C)C(=O)O. The molecule has 0 aliphatic carbocycles. The van der Waals surface area contributed by atoms with Crippen molar-refractivity contribution < 1.29 is 14.7 Å². The summed E-state index contributed by atoms with van der Waals surface area (Å²) in [5.41, 5.74) is 0. The van der Waals surface area contributed by atoms with Crippen molar-refractivity contribution in [1.82, 2.24) is 10.2 Å². The molecule has 2 unspecified atom stereocenters. The molecule has 86 valence electrons. The van der Waals surface area contributed by atoms with Crippen molar-refractivity contribution in [2.75, 3.05) is 6.54 Å². The highest BCUT2D eigenvalue weighted by Gasteiger charge is 2.25. The van der Waals surface area contributed by atoms with Crippen LogP contribution in [0.2, 0.25) is 0 Å². The van der Waals surface area contributed by atoms with Crippen molar-refractivity contribution in [2.24, 2.45) is 0 Å². The maximum absolute atomic E-state index is 11.7. The molecule has 5 nitrogen and oxygen atoms in total. The molecule has 1 heterocycles. The molecule has 0 aromatic heterocycles. The minimum atomic E-state index is -1.01. The Bertz CT molecular complexity index is 255. The van der Waals surface area contributed by atoms with Gasteiger partial charge in [0.25, 0.3) is 0 Å². The number of amides is 2. The lowest BCUT2D eigenvalue weighted by Gasteiger charge is -2.33. The molecular weight excluding hydrogens is 196 g/mol. The highest BCUT2D eigenvalue weighted by Crippen LogP contribution is 2.16. The van der Waals surface area contributed by atoms with E-state index in [2.05, 4.69) is 5.32 Å². The zero-order valence-electron chi connectivity index (χ0n) is 9.19. The van der Waals surface area contributed by atoms with Gasteiger partial charge in [0.2, 0.25) is 0 Å². The summed E-state index contributed by atoms with van der Waals surface area (Å²) in [4.78, 5) is 24.0. The van der Waals surface area contributed by atoms with Gasteiger partial charge in [-0.05, 0) is 33.1 Å². The summed E-state index contributed by atoms with van der Waals surface area (Å²) in [6, 6.07) is -0.886. The van der Waals surface area contributed by atoms with E-state index >= 15 is 0 Å². The fourth-order valence-electron chi connectivity index (χ4n) is 1.73. The summed E-state index contributed by atoms with van der Waals surface area (Å²) < 4.78 is 0. The second kappa shape index (κ2) is 5.00. The van der Waals surface area contributed by atoms with Gasteiger partial charge < -0.3 is 15.3 Å². The van der Waals surface area contributed by atoms with E-state index in [1.54, 1.807) is 4.90 Å². The van der Waals surface area contributed by atoms with E-state index in [0.29, 0.717) is 0 Å². The molecule has 2 amide bonds. The molecule has 0 radical (unpaired) electrons. The topological polar surface area (TPSA) is 69.6 Å². The monoisotopic (exact) mass is 214 g/mol. The first kappa shape index (κ1) is 11.8. The predicted octanol–water partition coefficient (Wildman–Crippen LogP) is 1.04. The van der Waals surface area contributed by atoms with E-state index in [1.165, 1.54) is 6.92 Å². The number of carboxylic acids is 1. The molecule has 0 aromatic rings. The lowest BCUT2D eigenvalue weighted by atomic mass is 10.0. The van der Waals surface area contributed by atoms with Crippen LogP contribution in [0.3, 0.4) is 0 Å². The minimum absolute atomic E-state index is 0.208. The quantitative estimate of drug-likeness (QED) is 0.721. The van der Waals surface area contributed by atoms with Crippen LogP contribution in [0.1, 0.15) is 33.1 Å². The smallest absolute Gasteiger partial charge is 0.325 e. The summed E-state index contributed by atoms with van der Waals surface area (Å²) in [6.45, 7) is 4.18. The van der Waals surface area contributed by atoms with E-state index in [-0.39, 0.29) is 12.1 Å². The summed E-state index contributed by atoms with van der Waals surface area (Å²) in [6.07, 6.45) is 3.13. The number of aliphatic carboxylic acids is 1. The molecule has 2 atom stereocenters. The number of carboxylic acid groups (broad SMARTS) is 1. The van der Waals surface area contributed by atoms with E-state index in [4.69, 9.17) is 5.11 Å². The molecule has 1 fully saturated rings. The van der Waals surface area contributed by atoms with Gasteiger partial charge in [0.15, 0.2) is 0 Å². The van der Waals surface area contributed by atoms with Crippen LogP contribution in [0.4, 0.5) is 4.79 Å². The van der Waals surface area contributed by atoms with Crippen LogP contribution in [0.5, 0.6) is 0 Å². The van der Waals surface area contributed by atoms with Gasteiger partial charge in [-0.2, -0.15) is 0 Å². The molecule has 2 N–H and O–H groups in total. The highest BCUT2D eigenvalue weighted by molar-refractivity contribution is 5.82. The van der Waals surface area contributed by atoms with E-state index < -0.39 is 12.0 Å². The Kier molecular flexibility index (Phi) is 3.94. The number of hydrogen-bond acceptors (Lipinski definition) is 2. The summed E-state index contributed by atoms with van der Waals surface area (Å²) in [5.74, 6) is -1.01. The second-order valence-electron chi connectivity index (χ2n) is 4.05. The van der Waals surface area contributed by atoms with Gasteiger partial charge in [-0.1, -0.05) is 0 Å². The first-order valence-corrected chi connectivity index (χ1v) is 5.32. The number of carbonyl (C=O) groups excluding carboxylic acids is 1. The molecule has 1 aliphatic heterocycles. The third-order valence-corrected chi connectivity index (χ3v) is 2.77. The highest BCUT2D eigenvalue weighted by atomic mass is 16.4. The van der Waals surface area contributed by atoms with Crippen LogP contribution in [-0.2, 0) is 4.79 Å². The van der Waals surface area contributed by atoms with Crippen molar-refractivity contribution in [3.8, 4) is 0 Å². The van der Waals surface area contributed by atoms with Crippen molar-refractivity contribution in [3.05, 3.63) is 0 Å². The number of likely N-dealkylation sites (tertiary alicyclic amines) is 1. The van der Waals surface area contributed by atoms with Crippen LogP contribution >= 0.6 is 0 Å². The van der Waals surface area contributed by atoms with E-state index in [0.717, 1.165) is 25.8 Å².